The lowest BCUT2D eigenvalue weighted by Crippen LogP contribution is -2.69. The highest BCUT2D eigenvalue weighted by atomic mass is 32.2. The van der Waals surface area contributed by atoms with E-state index in [4.69, 9.17) is 4.74 Å². The summed E-state index contributed by atoms with van der Waals surface area (Å²) < 4.78 is 43.9. The third-order valence-electron chi connectivity index (χ3n) is 6.25. The number of hydrogen-bond donors (Lipinski definition) is 0. The van der Waals surface area contributed by atoms with Gasteiger partial charge in [0.15, 0.2) is 9.84 Å². The molecule has 0 aliphatic carbocycles. The van der Waals surface area contributed by atoms with Crippen LogP contribution in [0.4, 0.5) is 4.39 Å². The summed E-state index contributed by atoms with van der Waals surface area (Å²) in [4.78, 5) is 16.4. The quantitative estimate of drug-likeness (QED) is 0.750. The lowest BCUT2D eigenvalue weighted by molar-refractivity contribution is -0.136. The van der Waals surface area contributed by atoms with E-state index in [9.17, 15) is 17.6 Å². The van der Waals surface area contributed by atoms with Gasteiger partial charge < -0.3 is 9.64 Å². The molecule has 27 heavy (non-hydrogen) atoms. The Morgan fingerprint density at radius 1 is 1.22 bits per heavy atom. The molecule has 3 fully saturated rings. The maximum atomic E-state index is 13.8. The highest BCUT2D eigenvalue weighted by Gasteiger charge is 2.62. The van der Waals surface area contributed by atoms with Gasteiger partial charge >= 0.3 is 0 Å². The Kier molecular flexibility index (Phi) is 4.98. The van der Waals surface area contributed by atoms with Crippen LogP contribution in [0.3, 0.4) is 0 Å². The minimum Gasteiger partial charge on any atom is -0.379 e. The molecule has 3 aliphatic rings. The number of rotatable bonds is 4. The number of halogens is 1. The predicted molar refractivity (Wildman–Crippen MR) is 98.6 cm³/mol. The molecule has 3 saturated heterocycles. The Labute approximate surface area is 159 Å². The molecule has 1 aromatic rings. The van der Waals surface area contributed by atoms with Gasteiger partial charge in [0.25, 0.3) is 0 Å². The van der Waals surface area contributed by atoms with E-state index in [1.54, 1.807) is 23.1 Å². The van der Waals surface area contributed by atoms with E-state index < -0.39 is 20.4 Å². The Bertz CT molecular complexity index is 817. The fourth-order valence-electron chi connectivity index (χ4n) is 4.52. The van der Waals surface area contributed by atoms with E-state index in [-0.39, 0.29) is 37.1 Å². The van der Waals surface area contributed by atoms with Gasteiger partial charge in [-0.25, -0.2) is 12.8 Å². The van der Waals surface area contributed by atoms with E-state index in [1.807, 2.05) is 0 Å². The number of sulfone groups is 1. The lowest BCUT2D eigenvalue weighted by atomic mass is 9.82. The van der Waals surface area contributed by atoms with Gasteiger partial charge in [0, 0.05) is 32.7 Å². The van der Waals surface area contributed by atoms with Crippen molar-refractivity contribution < 1.29 is 22.3 Å². The second-order valence-corrected chi connectivity index (χ2v) is 10.3. The number of carbonyl (C=O) groups is 1. The molecule has 8 heteroatoms. The minimum atomic E-state index is -3.22. The first-order valence-electron chi connectivity index (χ1n) is 9.45. The van der Waals surface area contributed by atoms with Crippen molar-refractivity contribution in [2.75, 3.05) is 51.7 Å². The van der Waals surface area contributed by atoms with Crippen molar-refractivity contribution in [3.63, 3.8) is 0 Å². The summed E-state index contributed by atoms with van der Waals surface area (Å²) in [5.41, 5.74) is 0.350. The van der Waals surface area contributed by atoms with Crippen molar-refractivity contribution in [2.24, 2.45) is 5.92 Å². The Hall–Kier alpha value is -1.51. The van der Waals surface area contributed by atoms with Crippen molar-refractivity contribution in [2.45, 2.75) is 17.6 Å². The normalized spacial score (nSPS) is 26.9. The molecule has 0 N–H and O–H groups in total. The second kappa shape index (κ2) is 7.14. The molecule has 3 aliphatic heterocycles. The van der Waals surface area contributed by atoms with E-state index in [0.717, 1.165) is 19.6 Å². The number of carbonyl (C=O) groups excluding carboxylic acids is 1. The Balaban J connectivity index is 1.43. The zero-order valence-corrected chi connectivity index (χ0v) is 16.1. The zero-order chi connectivity index (χ0) is 19.1. The average molecular weight is 396 g/mol. The zero-order valence-electron chi connectivity index (χ0n) is 15.3. The molecule has 3 heterocycles. The minimum absolute atomic E-state index is 0.0308. The first kappa shape index (κ1) is 18.8. The molecule has 1 spiro atoms. The van der Waals surface area contributed by atoms with Crippen LogP contribution in [-0.4, -0.2) is 80.6 Å². The van der Waals surface area contributed by atoms with Crippen LogP contribution in [0.25, 0.3) is 0 Å². The fourth-order valence-corrected chi connectivity index (χ4v) is 6.92. The highest BCUT2D eigenvalue weighted by molar-refractivity contribution is 7.93. The molecule has 4 rings (SSSR count). The maximum absolute atomic E-state index is 13.8. The highest BCUT2D eigenvalue weighted by Crippen LogP contribution is 2.45. The van der Waals surface area contributed by atoms with Gasteiger partial charge in [0.1, 0.15) is 10.6 Å². The molecule has 1 unspecified atom stereocenters. The first-order chi connectivity index (χ1) is 12.9. The fraction of sp³-hybridized carbons (Fsp3) is 0.632. The van der Waals surface area contributed by atoms with Crippen LogP contribution < -0.4 is 0 Å². The topological polar surface area (TPSA) is 66.9 Å². The summed E-state index contributed by atoms with van der Waals surface area (Å²) in [6.07, 6.45) is 0.617. The maximum Gasteiger partial charge on any atom is 0.227 e. The number of amides is 1. The molecule has 148 valence electrons. The van der Waals surface area contributed by atoms with Crippen LogP contribution in [0.1, 0.15) is 12.0 Å². The number of ether oxygens (including phenoxy) is 1. The van der Waals surface area contributed by atoms with Crippen LogP contribution in [0, 0.1) is 11.7 Å². The smallest absolute Gasteiger partial charge is 0.227 e. The molecule has 1 aromatic carbocycles. The van der Waals surface area contributed by atoms with Crippen LogP contribution in [0.5, 0.6) is 0 Å². The standard InChI is InChI=1S/C19H25FN2O4S/c20-17-4-2-1-3-15(17)11-18(23)22-13-19(14-22)16(5-10-27(19,24)25)12-21-6-8-26-9-7-21/h1-4,16H,5-14H2. The first-order valence-corrected chi connectivity index (χ1v) is 11.1. The molecule has 1 atom stereocenters. The van der Waals surface area contributed by atoms with Gasteiger partial charge in [0.05, 0.1) is 25.4 Å². The number of benzene rings is 1. The summed E-state index contributed by atoms with van der Waals surface area (Å²) >= 11 is 0. The van der Waals surface area contributed by atoms with Gasteiger partial charge in [-0.1, -0.05) is 18.2 Å². The van der Waals surface area contributed by atoms with Crippen molar-refractivity contribution in [1.29, 1.82) is 0 Å². The van der Waals surface area contributed by atoms with Crippen LogP contribution in [0.15, 0.2) is 24.3 Å². The Morgan fingerprint density at radius 2 is 1.93 bits per heavy atom. The number of morpholine rings is 1. The number of hydrogen-bond acceptors (Lipinski definition) is 5. The molecule has 6 nitrogen and oxygen atoms in total. The predicted octanol–water partition coefficient (Wildman–Crippen LogP) is 0.716. The summed E-state index contributed by atoms with van der Waals surface area (Å²) in [6.45, 7) is 4.21. The SMILES string of the molecule is O=C(Cc1ccccc1F)N1CC2(C1)C(CN1CCOCC1)CCS2(=O)=O. The van der Waals surface area contributed by atoms with Crippen LogP contribution in [-0.2, 0) is 25.8 Å². The summed E-state index contributed by atoms with van der Waals surface area (Å²) in [7, 11) is -3.22. The van der Waals surface area contributed by atoms with E-state index in [2.05, 4.69) is 4.90 Å². The van der Waals surface area contributed by atoms with E-state index in [0.29, 0.717) is 25.2 Å². The molecule has 0 aromatic heterocycles. The summed E-state index contributed by atoms with van der Waals surface area (Å²) in [6, 6.07) is 6.21. The third-order valence-corrected chi connectivity index (χ3v) is 8.85. The molecule has 0 saturated carbocycles. The Morgan fingerprint density at radius 3 is 2.63 bits per heavy atom. The van der Waals surface area contributed by atoms with Gasteiger partial charge in [0.2, 0.25) is 5.91 Å². The monoisotopic (exact) mass is 396 g/mol. The van der Waals surface area contributed by atoms with Crippen molar-refractivity contribution >= 4 is 15.7 Å². The van der Waals surface area contributed by atoms with Crippen molar-refractivity contribution in [1.82, 2.24) is 9.80 Å². The molecular weight excluding hydrogens is 371 g/mol. The van der Waals surface area contributed by atoms with E-state index in [1.165, 1.54) is 6.07 Å². The van der Waals surface area contributed by atoms with Gasteiger partial charge in [-0.15, -0.1) is 0 Å². The van der Waals surface area contributed by atoms with E-state index >= 15 is 0 Å². The summed E-state index contributed by atoms with van der Waals surface area (Å²) in [5.74, 6) is -0.381. The van der Waals surface area contributed by atoms with Gasteiger partial charge in [-0.05, 0) is 24.0 Å². The third kappa shape index (κ3) is 3.39. The molecule has 1 amide bonds. The van der Waals surface area contributed by atoms with Crippen molar-refractivity contribution in [3.8, 4) is 0 Å². The van der Waals surface area contributed by atoms with Gasteiger partial charge in [-0.3, -0.25) is 9.69 Å². The lowest BCUT2D eigenvalue weighted by Gasteiger charge is -2.51. The number of likely N-dealkylation sites (tertiary alicyclic amines) is 1. The van der Waals surface area contributed by atoms with Gasteiger partial charge in [-0.2, -0.15) is 0 Å². The molecule has 0 bridgehead atoms. The number of nitrogens with zero attached hydrogens (tertiary/aromatic N) is 2. The summed E-state index contributed by atoms with van der Waals surface area (Å²) in [5, 5.41) is 0. The van der Waals surface area contributed by atoms with Crippen LogP contribution >= 0.6 is 0 Å². The molecular formula is C19H25FN2O4S. The largest absolute Gasteiger partial charge is 0.379 e. The second-order valence-electron chi connectivity index (χ2n) is 7.80. The van der Waals surface area contributed by atoms with Crippen LogP contribution in [0.2, 0.25) is 0 Å². The molecule has 0 radical (unpaired) electrons. The average Bonchev–Trinajstić information content (AvgIpc) is 2.87. The van der Waals surface area contributed by atoms with Crippen molar-refractivity contribution in [3.05, 3.63) is 35.6 Å².